The Hall–Kier alpha value is -1.59. The summed E-state index contributed by atoms with van der Waals surface area (Å²) in [5.41, 5.74) is 0. The SMILES string of the molecule is CCC(CC)C1CCN(C(=NC)NCc2nnc3n2CCCCC3)C1. The number of likely N-dealkylation sites (tertiary alicyclic amines) is 1. The summed E-state index contributed by atoms with van der Waals surface area (Å²) in [4.78, 5) is 6.94. The zero-order chi connectivity index (χ0) is 17.6. The van der Waals surface area contributed by atoms with E-state index < -0.39 is 0 Å². The van der Waals surface area contributed by atoms with E-state index in [1.165, 1.54) is 38.5 Å². The summed E-state index contributed by atoms with van der Waals surface area (Å²) in [6, 6.07) is 0. The Morgan fingerprint density at radius 3 is 2.80 bits per heavy atom. The van der Waals surface area contributed by atoms with Gasteiger partial charge in [0.05, 0.1) is 6.54 Å². The van der Waals surface area contributed by atoms with Gasteiger partial charge in [0.15, 0.2) is 11.8 Å². The highest BCUT2D eigenvalue weighted by atomic mass is 15.3. The molecule has 25 heavy (non-hydrogen) atoms. The molecule has 0 radical (unpaired) electrons. The van der Waals surface area contributed by atoms with Crippen molar-refractivity contribution in [3.63, 3.8) is 0 Å². The molecule has 1 fully saturated rings. The van der Waals surface area contributed by atoms with Crippen molar-refractivity contribution in [1.29, 1.82) is 0 Å². The molecule has 1 N–H and O–H groups in total. The number of aromatic nitrogens is 3. The molecule has 3 rings (SSSR count). The lowest BCUT2D eigenvalue weighted by Crippen LogP contribution is -2.40. The third-order valence-corrected chi connectivity index (χ3v) is 6.04. The summed E-state index contributed by atoms with van der Waals surface area (Å²) >= 11 is 0. The molecular weight excluding hydrogens is 312 g/mol. The molecule has 1 saturated heterocycles. The van der Waals surface area contributed by atoms with Crippen LogP contribution < -0.4 is 5.32 Å². The lowest BCUT2D eigenvalue weighted by atomic mass is 9.87. The Balaban J connectivity index is 1.58. The highest BCUT2D eigenvalue weighted by molar-refractivity contribution is 5.80. The van der Waals surface area contributed by atoms with Gasteiger partial charge in [0.1, 0.15) is 5.82 Å². The van der Waals surface area contributed by atoms with Crippen molar-refractivity contribution >= 4 is 5.96 Å². The molecule has 140 valence electrons. The number of guanidine groups is 1. The second-order valence-corrected chi connectivity index (χ2v) is 7.47. The molecule has 0 bridgehead atoms. The number of nitrogens with zero attached hydrogens (tertiary/aromatic N) is 5. The highest BCUT2D eigenvalue weighted by Crippen LogP contribution is 2.28. The van der Waals surface area contributed by atoms with Crippen molar-refractivity contribution in [2.45, 2.75) is 71.9 Å². The summed E-state index contributed by atoms with van der Waals surface area (Å²) in [5, 5.41) is 12.3. The van der Waals surface area contributed by atoms with Crippen LogP contribution in [0.2, 0.25) is 0 Å². The lowest BCUT2D eigenvalue weighted by Gasteiger charge is -2.24. The van der Waals surface area contributed by atoms with Gasteiger partial charge in [-0.25, -0.2) is 0 Å². The van der Waals surface area contributed by atoms with Gasteiger partial charge in [-0.1, -0.05) is 33.1 Å². The molecule has 1 unspecified atom stereocenters. The van der Waals surface area contributed by atoms with Gasteiger partial charge in [0, 0.05) is 33.1 Å². The van der Waals surface area contributed by atoms with E-state index in [1.807, 2.05) is 7.05 Å². The molecule has 2 aliphatic rings. The number of aliphatic imine (C=N–C) groups is 1. The van der Waals surface area contributed by atoms with Gasteiger partial charge in [-0.05, 0) is 31.1 Å². The topological polar surface area (TPSA) is 58.3 Å². The van der Waals surface area contributed by atoms with Crippen LogP contribution in [0.5, 0.6) is 0 Å². The molecule has 1 atom stereocenters. The van der Waals surface area contributed by atoms with Crippen molar-refractivity contribution < 1.29 is 0 Å². The van der Waals surface area contributed by atoms with Gasteiger partial charge in [-0.15, -0.1) is 10.2 Å². The summed E-state index contributed by atoms with van der Waals surface area (Å²) in [6.07, 6.45) is 8.68. The van der Waals surface area contributed by atoms with E-state index >= 15 is 0 Å². The second-order valence-electron chi connectivity index (χ2n) is 7.47. The van der Waals surface area contributed by atoms with Crippen LogP contribution in [0.3, 0.4) is 0 Å². The number of fused-ring (bicyclic) bond motifs is 1. The molecule has 0 amide bonds. The maximum atomic E-state index is 4.52. The summed E-state index contributed by atoms with van der Waals surface area (Å²) in [6.45, 7) is 8.65. The average Bonchev–Trinajstić information content (AvgIpc) is 3.18. The first-order valence-electron chi connectivity index (χ1n) is 10.1. The Morgan fingerprint density at radius 1 is 1.20 bits per heavy atom. The number of nitrogens with one attached hydrogen (secondary N) is 1. The molecule has 6 nitrogen and oxygen atoms in total. The number of hydrogen-bond donors (Lipinski definition) is 1. The highest BCUT2D eigenvalue weighted by Gasteiger charge is 2.29. The minimum atomic E-state index is 0.714. The summed E-state index contributed by atoms with van der Waals surface area (Å²) in [7, 11) is 1.89. The smallest absolute Gasteiger partial charge is 0.194 e. The number of rotatable bonds is 5. The van der Waals surface area contributed by atoms with Crippen LogP contribution in [0.25, 0.3) is 0 Å². The monoisotopic (exact) mass is 346 g/mol. The predicted molar refractivity (Wildman–Crippen MR) is 102 cm³/mol. The third kappa shape index (κ3) is 4.15. The van der Waals surface area contributed by atoms with Crippen LogP contribution in [0.1, 0.15) is 64.0 Å². The van der Waals surface area contributed by atoms with E-state index in [-0.39, 0.29) is 0 Å². The van der Waals surface area contributed by atoms with Crippen LogP contribution in [0, 0.1) is 11.8 Å². The minimum absolute atomic E-state index is 0.714. The fourth-order valence-corrected chi connectivity index (χ4v) is 4.49. The van der Waals surface area contributed by atoms with E-state index in [2.05, 4.69) is 43.8 Å². The van der Waals surface area contributed by atoms with Crippen LogP contribution in [-0.2, 0) is 19.5 Å². The van der Waals surface area contributed by atoms with Crippen molar-refractivity contribution in [2.24, 2.45) is 16.8 Å². The van der Waals surface area contributed by atoms with Crippen LogP contribution in [0.4, 0.5) is 0 Å². The Labute approximate surface area is 152 Å². The van der Waals surface area contributed by atoms with Crippen LogP contribution >= 0.6 is 0 Å². The standard InChI is InChI=1S/C19H34N6/c1-4-15(5-2)16-10-12-24(14-16)19(20-3)21-13-18-23-22-17-9-7-6-8-11-25(17)18/h15-16H,4-14H2,1-3H3,(H,20,21). The summed E-state index contributed by atoms with van der Waals surface area (Å²) < 4.78 is 2.31. The van der Waals surface area contributed by atoms with Crippen molar-refractivity contribution in [1.82, 2.24) is 25.0 Å². The lowest BCUT2D eigenvalue weighted by molar-refractivity contribution is 0.319. The fourth-order valence-electron chi connectivity index (χ4n) is 4.49. The van der Waals surface area contributed by atoms with Crippen LogP contribution in [-0.4, -0.2) is 45.8 Å². The molecule has 0 saturated carbocycles. The molecule has 0 aromatic carbocycles. The average molecular weight is 347 g/mol. The predicted octanol–water partition coefficient (Wildman–Crippen LogP) is 2.84. The maximum absolute atomic E-state index is 4.52. The van der Waals surface area contributed by atoms with Crippen molar-refractivity contribution in [2.75, 3.05) is 20.1 Å². The first-order chi connectivity index (χ1) is 12.3. The fraction of sp³-hybridized carbons (Fsp3) is 0.842. The van der Waals surface area contributed by atoms with E-state index in [0.29, 0.717) is 6.54 Å². The molecule has 3 heterocycles. The maximum Gasteiger partial charge on any atom is 0.194 e. The third-order valence-electron chi connectivity index (χ3n) is 6.04. The van der Waals surface area contributed by atoms with Gasteiger partial charge in [-0.2, -0.15) is 0 Å². The molecular formula is C19H34N6. The molecule has 2 aliphatic heterocycles. The van der Waals surface area contributed by atoms with Gasteiger partial charge >= 0.3 is 0 Å². The Kier molecular flexibility index (Phi) is 6.32. The van der Waals surface area contributed by atoms with Gasteiger partial charge in [-0.3, -0.25) is 4.99 Å². The Morgan fingerprint density at radius 2 is 2.04 bits per heavy atom. The van der Waals surface area contributed by atoms with Gasteiger partial charge in [0.2, 0.25) is 0 Å². The van der Waals surface area contributed by atoms with Crippen molar-refractivity contribution in [3.05, 3.63) is 11.6 Å². The first-order valence-corrected chi connectivity index (χ1v) is 10.1. The summed E-state index contributed by atoms with van der Waals surface area (Å²) in [5.74, 6) is 4.86. The second kappa shape index (κ2) is 8.68. The van der Waals surface area contributed by atoms with Gasteiger partial charge in [0.25, 0.3) is 0 Å². The molecule has 0 spiro atoms. The van der Waals surface area contributed by atoms with E-state index in [4.69, 9.17) is 0 Å². The zero-order valence-corrected chi connectivity index (χ0v) is 16.2. The minimum Gasteiger partial charge on any atom is -0.349 e. The molecule has 0 aliphatic carbocycles. The number of hydrogen-bond acceptors (Lipinski definition) is 3. The largest absolute Gasteiger partial charge is 0.349 e. The molecule has 1 aromatic heterocycles. The van der Waals surface area contributed by atoms with E-state index in [9.17, 15) is 0 Å². The normalized spacial score (nSPS) is 21.5. The van der Waals surface area contributed by atoms with Gasteiger partial charge < -0.3 is 14.8 Å². The Bertz CT molecular complexity index is 574. The zero-order valence-electron chi connectivity index (χ0n) is 16.2. The van der Waals surface area contributed by atoms with E-state index in [1.54, 1.807) is 0 Å². The first kappa shape index (κ1) is 18.2. The van der Waals surface area contributed by atoms with E-state index in [0.717, 1.165) is 55.5 Å². The van der Waals surface area contributed by atoms with Crippen molar-refractivity contribution in [3.8, 4) is 0 Å². The molecule has 6 heteroatoms. The molecule has 1 aromatic rings. The van der Waals surface area contributed by atoms with Crippen LogP contribution in [0.15, 0.2) is 4.99 Å². The number of aryl methyl sites for hydroxylation is 1. The quantitative estimate of drug-likeness (QED) is 0.658.